The molecule has 0 N–H and O–H groups in total. The summed E-state index contributed by atoms with van der Waals surface area (Å²) < 4.78 is 9.13. The second kappa shape index (κ2) is 3.00. The molecule has 0 aliphatic carbocycles. The maximum Gasteiger partial charge on any atom is 0.375 e. The zero-order chi connectivity index (χ0) is 7.40. The fourth-order valence-electron chi connectivity index (χ4n) is 0.483. The lowest BCUT2D eigenvalue weighted by molar-refractivity contribution is 0.0489. The number of esters is 1. The Morgan fingerprint density at radius 2 is 2.80 bits per heavy atom. The average molecular weight is 140 g/mol. The lowest BCUT2D eigenvalue weighted by Gasteiger charge is -1.94. The van der Waals surface area contributed by atoms with Gasteiger partial charge in [-0.3, -0.25) is 0 Å². The topological polar surface area (TPSA) is 52.3 Å². The number of carbonyl (C=O) groups excluding carboxylic acids is 1. The molecule has 4 heteroatoms. The number of hydrogen-bond acceptors (Lipinski definition) is 4. The van der Waals surface area contributed by atoms with E-state index < -0.39 is 5.97 Å². The molecule has 1 radical (unpaired) electrons. The van der Waals surface area contributed by atoms with Crippen molar-refractivity contribution in [1.29, 1.82) is 0 Å². The quantitative estimate of drug-likeness (QED) is 0.566. The number of ether oxygens (including phenoxy) is 1. The monoisotopic (exact) mass is 140 g/mol. The van der Waals surface area contributed by atoms with Crippen LogP contribution in [0.5, 0.6) is 0 Å². The van der Waals surface area contributed by atoms with E-state index in [0.717, 1.165) is 0 Å². The minimum Gasteiger partial charge on any atom is -0.460 e. The first-order valence-corrected chi connectivity index (χ1v) is 2.83. The minimum absolute atomic E-state index is 0.0850. The highest BCUT2D eigenvalue weighted by atomic mass is 16.5. The number of aromatic nitrogens is 1. The minimum atomic E-state index is -0.503. The molecule has 0 saturated heterocycles. The summed E-state index contributed by atoms with van der Waals surface area (Å²) in [5.41, 5.74) is 0. The largest absolute Gasteiger partial charge is 0.460 e. The molecule has 1 heterocycles. The third-order valence-electron chi connectivity index (χ3n) is 0.867. The third kappa shape index (κ3) is 1.34. The molecule has 4 nitrogen and oxygen atoms in total. The SMILES string of the molecule is CCOC(=O)c1cn[c]o1. The molecule has 1 aromatic rings. The third-order valence-corrected chi connectivity index (χ3v) is 0.867. The Kier molecular flexibility index (Phi) is 2.04. The molecule has 0 aromatic carbocycles. The molecule has 1 rings (SSSR count). The first kappa shape index (κ1) is 6.80. The summed E-state index contributed by atoms with van der Waals surface area (Å²) in [4.78, 5) is 14.2. The van der Waals surface area contributed by atoms with Crippen LogP contribution in [0.3, 0.4) is 0 Å². The van der Waals surface area contributed by atoms with Gasteiger partial charge < -0.3 is 9.15 Å². The van der Waals surface area contributed by atoms with Crippen LogP contribution in [0.4, 0.5) is 0 Å². The van der Waals surface area contributed by atoms with Crippen molar-refractivity contribution in [2.24, 2.45) is 0 Å². The fourth-order valence-corrected chi connectivity index (χ4v) is 0.483. The Morgan fingerprint density at radius 1 is 2.00 bits per heavy atom. The van der Waals surface area contributed by atoms with Crippen LogP contribution in [-0.2, 0) is 4.74 Å². The number of oxazole rings is 1. The van der Waals surface area contributed by atoms with Gasteiger partial charge in [-0.05, 0) is 6.92 Å². The zero-order valence-electron chi connectivity index (χ0n) is 5.46. The van der Waals surface area contributed by atoms with Gasteiger partial charge in [0.2, 0.25) is 5.76 Å². The summed E-state index contributed by atoms with van der Waals surface area (Å²) in [6.45, 7) is 2.05. The van der Waals surface area contributed by atoms with Crippen molar-refractivity contribution in [2.75, 3.05) is 6.61 Å². The lowest BCUT2D eigenvalue weighted by atomic mass is 10.5. The van der Waals surface area contributed by atoms with E-state index in [9.17, 15) is 4.79 Å². The second-order valence-corrected chi connectivity index (χ2v) is 1.54. The highest BCUT2D eigenvalue weighted by molar-refractivity contribution is 5.85. The van der Waals surface area contributed by atoms with E-state index in [1.807, 2.05) is 0 Å². The van der Waals surface area contributed by atoms with Crippen molar-refractivity contribution >= 4 is 5.97 Å². The van der Waals surface area contributed by atoms with E-state index in [4.69, 9.17) is 0 Å². The highest BCUT2D eigenvalue weighted by Crippen LogP contribution is 1.97. The van der Waals surface area contributed by atoms with Gasteiger partial charge >= 0.3 is 5.97 Å². The van der Waals surface area contributed by atoms with Gasteiger partial charge in [0.05, 0.1) is 12.8 Å². The molecule has 0 aliphatic heterocycles. The summed E-state index contributed by atoms with van der Waals surface area (Å²) in [6.07, 6.45) is 3.41. The Bertz CT molecular complexity index is 205. The smallest absolute Gasteiger partial charge is 0.375 e. The Balaban J connectivity index is 2.59. The molecule has 53 valence electrons. The van der Waals surface area contributed by atoms with Crippen LogP contribution in [-0.4, -0.2) is 17.6 Å². The standard InChI is InChI=1S/C6H6NO3/c1-2-9-6(8)5-3-7-4-10-5/h3H,2H2,1H3. The molecular formula is C6H6NO3. The maximum atomic E-state index is 10.7. The van der Waals surface area contributed by atoms with E-state index in [1.54, 1.807) is 6.92 Å². The van der Waals surface area contributed by atoms with Crippen LogP contribution in [0, 0.1) is 6.39 Å². The number of carbonyl (C=O) groups is 1. The molecule has 0 atom stereocenters. The van der Waals surface area contributed by atoms with Gasteiger partial charge in [-0.1, -0.05) is 0 Å². The Labute approximate surface area is 57.8 Å². The van der Waals surface area contributed by atoms with Gasteiger partial charge in [0, 0.05) is 0 Å². The van der Waals surface area contributed by atoms with Gasteiger partial charge in [0.1, 0.15) is 0 Å². The highest BCUT2D eigenvalue weighted by Gasteiger charge is 2.08. The van der Waals surface area contributed by atoms with Crippen molar-refractivity contribution in [2.45, 2.75) is 6.92 Å². The Morgan fingerprint density at radius 3 is 3.30 bits per heavy atom. The van der Waals surface area contributed by atoms with Crippen LogP contribution in [0.15, 0.2) is 10.6 Å². The van der Waals surface area contributed by atoms with E-state index in [1.165, 1.54) is 6.20 Å². The Hall–Kier alpha value is -1.32. The number of rotatable bonds is 2. The number of hydrogen-bond donors (Lipinski definition) is 0. The van der Waals surface area contributed by atoms with Crippen LogP contribution in [0.25, 0.3) is 0 Å². The van der Waals surface area contributed by atoms with E-state index >= 15 is 0 Å². The van der Waals surface area contributed by atoms with Crippen LogP contribution in [0.2, 0.25) is 0 Å². The summed E-state index contributed by atoms with van der Waals surface area (Å²) in [6, 6.07) is 0. The molecule has 10 heavy (non-hydrogen) atoms. The van der Waals surface area contributed by atoms with E-state index in [-0.39, 0.29) is 5.76 Å². The van der Waals surface area contributed by atoms with Gasteiger partial charge in [0.25, 0.3) is 6.39 Å². The summed E-state index contributed by atoms with van der Waals surface area (Å²) in [7, 11) is 0. The molecule has 0 spiro atoms. The fraction of sp³-hybridized carbons (Fsp3) is 0.333. The predicted octanol–water partition coefficient (Wildman–Crippen LogP) is 0.651. The molecule has 0 bridgehead atoms. The normalized spacial score (nSPS) is 9.30. The van der Waals surface area contributed by atoms with Gasteiger partial charge in [0.15, 0.2) is 0 Å². The lowest BCUT2D eigenvalue weighted by Crippen LogP contribution is -2.02. The molecule has 0 amide bonds. The van der Waals surface area contributed by atoms with Gasteiger partial charge in [-0.25, -0.2) is 9.78 Å². The molecule has 0 saturated carbocycles. The predicted molar refractivity (Wildman–Crippen MR) is 31.3 cm³/mol. The molecule has 1 aromatic heterocycles. The van der Waals surface area contributed by atoms with Crippen molar-refractivity contribution in [3.8, 4) is 0 Å². The molecule has 0 fully saturated rings. The van der Waals surface area contributed by atoms with Gasteiger partial charge in [-0.15, -0.1) is 0 Å². The average Bonchev–Trinajstić information content (AvgIpc) is 2.38. The maximum absolute atomic E-state index is 10.7. The van der Waals surface area contributed by atoms with Crippen LogP contribution >= 0.6 is 0 Å². The van der Waals surface area contributed by atoms with Crippen molar-refractivity contribution in [1.82, 2.24) is 4.98 Å². The first-order valence-electron chi connectivity index (χ1n) is 2.83. The van der Waals surface area contributed by atoms with Crippen molar-refractivity contribution in [3.05, 3.63) is 18.4 Å². The number of nitrogens with zero attached hydrogens (tertiary/aromatic N) is 1. The molecule has 0 aliphatic rings. The summed E-state index contributed by atoms with van der Waals surface area (Å²) in [5, 5.41) is 0. The zero-order valence-corrected chi connectivity index (χ0v) is 5.46. The van der Waals surface area contributed by atoms with Gasteiger partial charge in [-0.2, -0.15) is 0 Å². The summed E-state index contributed by atoms with van der Waals surface area (Å²) in [5.74, 6) is -0.418. The van der Waals surface area contributed by atoms with E-state index in [0.29, 0.717) is 6.61 Å². The molecular weight excluding hydrogens is 134 g/mol. The van der Waals surface area contributed by atoms with Crippen LogP contribution in [0.1, 0.15) is 17.5 Å². The summed E-state index contributed by atoms with van der Waals surface area (Å²) >= 11 is 0. The molecule has 0 unspecified atom stereocenters. The first-order chi connectivity index (χ1) is 4.84. The van der Waals surface area contributed by atoms with E-state index in [2.05, 4.69) is 20.5 Å². The van der Waals surface area contributed by atoms with Crippen molar-refractivity contribution < 1.29 is 13.9 Å². The van der Waals surface area contributed by atoms with Crippen molar-refractivity contribution in [3.63, 3.8) is 0 Å². The van der Waals surface area contributed by atoms with Crippen LogP contribution < -0.4 is 0 Å². The second-order valence-electron chi connectivity index (χ2n) is 1.54.